The molecule has 2 N–H and O–H groups in total. The van der Waals surface area contributed by atoms with Crippen molar-refractivity contribution in [1.29, 1.82) is 0 Å². The number of aromatic nitrogens is 2. The van der Waals surface area contributed by atoms with Crippen LogP contribution in [0.15, 0.2) is 56.5 Å². The van der Waals surface area contributed by atoms with Gasteiger partial charge in [0.2, 0.25) is 0 Å². The number of nitrogens with one attached hydrogen (secondary N) is 2. The van der Waals surface area contributed by atoms with Gasteiger partial charge in [-0.15, -0.1) is 0 Å². The molecule has 0 aliphatic heterocycles. The maximum atomic E-state index is 12.0. The number of hydrogen-bond donors (Lipinski definition) is 2. The van der Waals surface area contributed by atoms with E-state index in [9.17, 15) is 9.59 Å². The molecule has 0 aliphatic carbocycles. The highest BCUT2D eigenvalue weighted by atomic mass is 16.3. The van der Waals surface area contributed by atoms with Gasteiger partial charge in [-0.1, -0.05) is 0 Å². The van der Waals surface area contributed by atoms with Crippen LogP contribution in [-0.2, 0) is 6.54 Å². The quantitative estimate of drug-likeness (QED) is 0.757. The Kier molecular flexibility index (Phi) is 3.38. The number of carbonyl (C=O) groups is 1. The number of aromatic amines is 1. The van der Waals surface area contributed by atoms with Crippen molar-refractivity contribution in [2.75, 3.05) is 0 Å². The van der Waals surface area contributed by atoms with Crippen molar-refractivity contribution in [3.05, 3.63) is 64.8 Å². The fourth-order valence-corrected chi connectivity index (χ4v) is 1.81. The molecular weight excluding hydrogens is 274 g/mol. The lowest BCUT2D eigenvalue weighted by Crippen LogP contribution is -2.26. The smallest absolute Gasteiger partial charge is 0.346 e. The molecule has 0 fully saturated rings. The zero-order valence-corrected chi connectivity index (χ0v) is 10.8. The zero-order valence-electron chi connectivity index (χ0n) is 10.8. The standard InChI is InChI=1S/C14H11N3O4/c18-13(15-8-9-3-1-5-20-9)11-7-10(16-14(19)17-11)12-4-2-6-21-12/h1-7H,8H2,(H,15,18)(H,16,17,19). The average Bonchev–Trinajstić information content (AvgIpc) is 3.17. The molecule has 21 heavy (non-hydrogen) atoms. The average molecular weight is 285 g/mol. The van der Waals surface area contributed by atoms with Gasteiger partial charge in [0.15, 0.2) is 0 Å². The van der Waals surface area contributed by atoms with E-state index in [-0.39, 0.29) is 12.2 Å². The van der Waals surface area contributed by atoms with Crippen molar-refractivity contribution in [2.45, 2.75) is 6.54 Å². The molecule has 3 heterocycles. The minimum absolute atomic E-state index is 0.0108. The van der Waals surface area contributed by atoms with E-state index in [1.54, 1.807) is 24.3 Å². The van der Waals surface area contributed by atoms with Crippen LogP contribution in [0.4, 0.5) is 0 Å². The minimum atomic E-state index is -0.618. The van der Waals surface area contributed by atoms with Crippen molar-refractivity contribution in [3.8, 4) is 11.5 Å². The molecule has 0 saturated carbocycles. The minimum Gasteiger partial charge on any atom is -0.467 e. The molecule has 3 aromatic rings. The van der Waals surface area contributed by atoms with E-state index in [1.807, 2.05) is 0 Å². The number of hydrogen-bond acceptors (Lipinski definition) is 5. The second-order valence-electron chi connectivity index (χ2n) is 4.22. The number of rotatable bonds is 4. The first-order valence-corrected chi connectivity index (χ1v) is 6.18. The van der Waals surface area contributed by atoms with Crippen LogP contribution in [0.3, 0.4) is 0 Å². The van der Waals surface area contributed by atoms with Crippen molar-refractivity contribution in [1.82, 2.24) is 15.3 Å². The van der Waals surface area contributed by atoms with E-state index >= 15 is 0 Å². The van der Waals surface area contributed by atoms with E-state index < -0.39 is 11.6 Å². The van der Waals surface area contributed by atoms with Gasteiger partial charge in [0.25, 0.3) is 5.91 Å². The predicted octanol–water partition coefficient (Wildman–Crippen LogP) is 1.55. The molecular formula is C14H11N3O4. The van der Waals surface area contributed by atoms with E-state index in [0.717, 1.165) is 0 Å². The van der Waals surface area contributed by atoms with Gasteiger partial charge in [0.1, 0.15) is 17.2 Å². The summed E-state index contributed by atoms with van der Waals surface area (Å²) in [6.45, 7) is 0.219. The van der Waals surface area contributed by atoms with Gasteiger partial charge in [0.05, 0.1) is 24.8 Å². The molecule has 106 valence electrons. The van der Waals surface area contributed by atoms with E-state index in [4.69, 9.17) is 8.83 Å². The van der Waals surface area contributed by atoms with E-state index in [1.165, 1.54) is 18.6 Å². The third-order valence-corrected chi connectivity index (χ3v) is 2.77. The lowest BCUT2D eigenvalue weighted by molar-refractivity contribution is 0.0942. The molecule has 7 nitrogen and oxygen atoms in total. The van der Waals surface area contributed by atoms with Gasteiger partial charge in [-0.2, -0.15) is 4.98 Å². The molecule has 0 saturated heterocycles. The Hall–Kier alpha value is -3.09. The summed E-state index contributed by atoms with van der Waals surface area (Å²) in [7, 11) is 0. The Morgan fingerprint density at radius 2 is 2.05 bits per heavy atom. The molecule has 0 unspecified atom stereocenters. The van der Waals surface area contributed by atoms with Gasteiger partial charge in [0, 0.05) is 0 Å². The SMILES string of the molecule is O=C(NCc1ccco1)c1cc(-c2ccco2)[nH]c(=O)n1. The highest BCUT2D eigenvalue weighted by Crippen LogP contribution is 2.16. The molecule has 0 aliphatic rings. The van der Waals surface area contributed by atoms with Gasteiger partial charge in [-0.25, -0.2) is 4.79 Å². The molecule has 0 radical (unpaired) electrons. The van der Waals surface area contributed by atoms with Crippen molar-refractivity contribution in [3.63, 3.8) is 0 Å². The number of carbonyl (C=O) groups excluding carboxylic acids is 1. The summed E-state index contributed by atoms with van der Waals surface area (Å²) < 4.78 is 10.3. The third kappa shape index (κ3) is 2.92. The monoisotopic (exact) mass is 285 g/mol. The highest BCUT2D eigenvalue weighted by molar-refractivity contribution is 5.92. The second kappa shape index (κ2) is 5.49. The molecule has 0 spiro atoms. The molecule has 0 atom stereocenters. The molecule has 3 rings (SSSR count). The Labute approximate surface area is 118 Å². The Bertz CT molecular complexity index is 788. The first kappa shape index (κ1) is 12.9. The first-order chi connectivity index (χ1) is 10.2. The van der Waals surface area contributed by atoms with E-state index in [2.05, 4.69) is 15.3 Å². The second-order valence-corrected chi connectivity index (χ2v) is 4.22. The molecule has 0 aromatic carbocycles. The molecule has 1 amide bonds. The number of nitrogens with zero attached hydrogens (tertiary/aromatic N) is 1. The zero-order chi connectivity index (χ0) is 14.7. The van der Waals surface area contributed by atoms with Crippen molar-refractivity contribution < 1.29 is 13.6 Å². The lowest BCUT2D eigenvalue weighted by atomic mass is 10.2. The van der Waals surface area contributed by atoms with Crippen LogP contribution in [0.2, 0.25) is 0 Å². The summed E-state index contributed by atoms with van der Waals surface area (Å²) >= 11 is 0. The van der Waals surface area contributed by atoms with Crippen LogP contribution in [0, 0.1) is 0 Å². The number of H-pyrrole nitrogens is 1. The number of furan rings is 2. The summed E-state index contributed by atoms with van der Waals surface area (Å²) in [5, 5.41) is 2.62. The maximum absolute atomic E-state index is 12.0. The summed E-state index contributed by atoms with van der Waals surface area (Å²) in [6, 6.07) is 8.28. The Balaban J connectivity index is 1.81. The van der Waals surface area contributed by atoms with E-state index in [0.29, 0.717) is 17.2 Å². The third-order valence-electron chi connectivity index (χ3n) is 2.77. The maximum Gasteiger partial charge on any atom is 0.346 e. The van der Waals surface area contributed by atoms with Gasteiger partial charge >= 0.3 is 5.69 Å². The van der Waals surface area contributed by atoms with Crippen LogP contribution in [0.5, 0.6) is 0 Å². The first-order valence-electron chi connectivity index (χ1n) is 6.18. The highest BCUT2D eigenvalue weighted by Gasteiger charge is 2.12. The van der Waals surface area contributed by atoms with Crippen LogP contribution in [-0.4, -0.2) is 15.9 Å². The lowest BCUT2D eigenvalue weighted by Gasteiger charge is -2.03. The fourth-order valence-electron chi connectivity index (χ4n) is 1.81. The number of amides is 1. The topological polar surface area (TPSA) is 101 Å². The largest absolute Gasteiger partial charge is 0.467 e. The summed E-state index contributed by atoms with van der Waals surface area (Å²) in [4.78, 5) is 29.7. The normalized spacial score (nSPS) is 10.5. The summed E-state index contributed by atoms with van der Waals surface area (Å²) in [5.41, 5.74) is -0.216. The van der Waals surface area contributed by atoms with Crippen molar-refractivity contribution in [2.24, 2.45) is 0 Å². The molecule has 7 heteroatoms. The van der Waals surface area contributed by atoms with Gasteiger partial charge < -0.3 is 19.1 Å². The molecule has 3 aromatic heterocycles. The summed E-state index contributed by atoms with van der Waals surface area (Å²) in [6.07, 6.45) is 2.99. The van der Waals surface area contributed by atoms with Crippen LogP contribution >= 0.6 is 0 Å². The van der Waals surface area contributed by atoms with Gasteiger partial charge in [-0.3, -0.25) is 4.79 Å². The Morgan fingerprint density at radius 1 is 1.24 bits per heavy atom. The fraction of sp³-hybridized carbons (Fsp3) is 0.0714. The van der Waals surface area contributed by atoms with Crippen LogP contribution in [0.1, 0.15) is 16.2 Å². The predicted molar refractivity (Wildman–Crippen MR) is 72.4 cm³/mol. The molecule has 0 bridgehead atoms. The van der Waals surface area contributed by atoms with Crippen LogP contribution in [0.25, 0.3) is 11.5 Å². The van der Waals surface area contributed by atoms with Crippen molar-refractivity contribution >= 4 is 5.91 Å². The Morgan fingerprint density at radius 3 is 2.76 bits per heavy atom. The van der Waals surface area contributed by atoms with Gasteiger partial charge in [-0.05, 0) is 30.3 Å². The van der Waals surface area contributed by atoms with Crippen LogP contribution < -0.4 is 11.0 Å². The summed E-state index contributed by atoms with van der Waals surface area (Å²) in [5.74, 6) is 0.597.